The Labute approximate surface area is 118 Å². The first-order valence-corrected chi connectivity index (χ1v) is 7.06. The van der Waals surface area contributed by atoms with E-state index in [2.05, 4.69) is 58.1 Å². The lowest BCUT2D eigenvalue weighted by Gasteiger charge is -2.23. The lowest BCUT2D eigenvalue weighted by atomic mass is 9.91. The van der Waals surface area contributed by atoms with Crippen LogP contribution in [0.15, 0.2) is 72.4 Å². The summed E-state index contributed by atoms with van der Waals surface area (Å²) in [7, 11) is 0. The molecule has 0 fully saturated rings. The number of hydrogen-bond acceptors (Lipinski definition) is 1. The van der Waals surface area contributed by atoms with E-state index in [0.29, 0.717) is 0 Å². The van der Waals surface area contributed by atoms with Crippen molar-refractivity contribution in [3.8, 4) is 0 Å². The molecule has 1 aromatic carbocycles. The van der Waals surface area contributed by atoms with Crippen LogP contribution >= 0.6 is 0 Å². The van der Waals surface area contributed by atoms with E-state index < -0.39 is 0 Å². The van der Waals surface area contributed by atoms with Crippen molar-refractivity contribution >= 4 is 6.08 Å². The average molecular weight is 260 g/mol. The first kappa shape index (κ1) is 11.5. The maximum atomic E-state index is 4.19. The molecule has 0 spiro atoms. The zero-order valence-electron chi connectivity index (χ0n) is 11.2. The SMILES string of the molecule is C1=CC(n2ccnc2)C2=Cc3ccccc3CCC2=C1. The van der Waals surface area contributed by atoms with Crippen LogP contribution in [-0.4, -0.2) is 9.55 Å². The minimum atomic E-state index is 0.267. The van der Waals surface area contributed by atoms with E-state index in [9.17, 15) is 0 Å². The van der Waals surface area contributed by atoms with Crippen LogP contribution in [0.4, 0.5) is 0 Å². The molecule has 98 valence electrons. The van der Waals surface area contributed by atoms with Crippen molar-refractivity contribution < 1.29 is 0 Å². The molecule has 1 atom stereocenters. The van der Waals surface area contributed by atoms with Gasteiger partial charge in [0.1, 0.15) is 0 Å². The summed E-state index contributed by atoms with van der Waals surface area (Å²) in [5.41, 5.74) is 5.64. The number of rotatable bonds is 1. The first-order valence-electron chi connectivity index (χ1n) is 7.06. The smallest absolute Gasteiger partial charge is 0.0954 e. The summed E-state index contributed by atoms with van der Waals surface area (Å²) >= 11 is 0. The molecule has 0 radical (unpaired) electrons. The van der Waals surface area contributed by atoms with Crippen LogP contribution in [0.1, 0.15) is 23.6 Å². The third kappa shape index (κ3) is 1.85. The molecule has 2 nitrogen and oxygen atoms in total. The number of allylic oxidation sites excluding steroid dienone is 5. The van der Waals surface area contributed by atoms with Crippen LogP contribution < -0.4 is 0 Å². The Morgan fingerprint density at radius 1 is 1.15 bits per heavy atom. The molecule has 4 rings (SSSR count). The molecule has 2 heteroatoms. The van der Waals surface area contributed by atoms with Crippen molar-refractivity contribution in [1.29, 1.82) is 0 Å². The number of fused-ring (bicyclic) bond motifs is 2. The summed E-state index contributed by atoms with van der Waals surface area (Å²) < 4.78 is 2.17. The van der Waals surface area contributed by atoms with Crippen molar-refractivity contribution in [2.45, 2.75) is 18.9 Å². The summed E-state index contributed by atoms with van der Waals surface area (Å²) in [6.07, 6.45) is 17.0. The molecule has 2 aliphatic carbocycles. The highest BCUT2D eigenvalue weighted by molar-refractivity contribution is 5.66. The molecule has 0 saturated heterocycles. The van der Waals surface area contributed by atoms with Crippen LogP contribution in [0.5, 0.6) is 0 Å². The molecular weight excluding hydrogens is 244 g/mol. The Hall–Kier alpha value is -2.35. The Morgan fingerprint density at radius 3 is 3.00 bits per heavy atom. The van der Waals surface area contributed by atoms with E-state index in [1.54, 1.807) is 0 Å². The van der Waals surface area contributed by atoms with Gasteiger partial charge in [0, 0.05) is 12.4 Å². The van der Waals surface area contributed by atoms with E-state index in [0.717, 1.165) is 12.8 Å². The highest BCUT2D eigenvalue weighted by Crippen LogP contribution is 2.36. The van der Waals surface area contributed by atoms with Gasteiger partial charge in [0.05, 0.1) is 12.4 Å². The van der Waals surface area contributed by atoms with Gasteiger partial charge in [-0.25, -0.2) is 4.98 Å². The first-order chi connectivity index (χ1) is 9.92. The summed E-state index contributed by atoms with van der Waals surface area (Å²) in [6, 6.07) is 8.98. The topological polar surface area (TPSA) is 17.8 Å². The van der Waals surface area contributed by atoms with E-state index >= 15 is 0 Å². The quantitative estimate of drug-likeness (QED) is 0.759. The number of aromatic nitrogens is 2. The second-order valence-corrected chi connectivity index (χ2v) is 5.33. The molecule has 0 saturated carbocycles. The van der Waals surface area contributed by atoms with Gasteiger partial charge in [-0.2, -0.15) is 0 Å². The number of imidazole rings is 1. The molecule has 0 amide bonds. The number of benzene rings is 1. The Balaban J connectivity index is 1.85. The largest absolute Gasteiger partial charge is 0.326 e. The summed E-state index contributed by atoms with van der Waals surface area (Å²) in [4.78, 5) is 4.19. The molecule has 2 aliphatic rings. The maximum absolute atomic E-state index is 4.19. The predicted molar refractivity (Wildman–Crippen MR) is 81.2 cm³/mol. The van der Waals surface area contributed by atoms with E-state index in [1.807, 2.05) is 18.7 Å². The Kier molecular flexibility index (Phi) is 2.66. The van der Waals surface area contributed by atoms with Gasteiger partial charge >= 0.3 is 0 Å². The molecule has 1 unspecified atom stereocenters. The van der Waals surface area contributed by atoms with Gasteiger partial charge in [-0.15, -0.1) is 0 Å². The minimum absolute atomic E-state index is 0.267. The third-order valence-electron chi connectivity index (χ3n) is 4.16. The highest BCUT2D eigenvalue weighted by atomic mass is 15.0. The van der Waals surface area contributed by atoms with Gasteiger partial charge < -0.3 is 4.57 Å². The van der Waals surface area contributed by atoms with Crippen molar-refractivity contribution in [1.82, 2.24) is 9.55 Å². The van der Waals surface area contributed by atoms with Gasteiger partial charge in [-0.3, -0.25) is 0 Å². The molecular formula is C18H16N2. The zero-order chi connectivity index (χ0) is 13.4. The average Bonchev–Trinajstić information content (AvgIpc) is 2.94. The molecule has 20 heavy (non-hydrogen) atoms. The standard InChI is InChI=1S/C18H16N2/c1-2-5-16-12-17-15(9-8-14(16)4-1)6-3-7-18(17)20-11-10-19-13-20/h1-7,10-13,18H,8-9H2. The second kappa shape index (κ2) is 4.64. The van der Waals surface area contributed by atoms with Gasteiger partial charge in [-0.1, -0.05) is 42.5 Å². The molecule has 0 bridgehead atoms. The third-order valence-corrected chi connectivity index (χ3v) is 4.16. The van der Waals surface area contributed by atoms with Crippen molar-refractivity contribution in [3.05, 3.63) is 83.5 Å². The summed E-state index contributed by atoms with van der Waals surface area (Å²) in [6.45, 7) is 0. The van der Waals surface area contributed by atoms with Crippen LogP contribution in [-0.2, 0) is 6.42 Å². The fraction of sp³-hybridized carbons (Fsp3) is 0.167. The van der Waals surface area contributed by atoms with Crippen molar-refractivity contribution in [2.75, 3.05) is 0 Å². The number of hydrogen-bond donors (Lipinski definition) is 0. The van der Waals surface area contributed by atoms with E-state index in [-0.39, 0.29) is 6.04 Å². The lowest BCUT2D eigenvalue weighted by molar-refractivity contribution is 0.682. The van der Waals surface area contributed by atoms with Crippen LogP contribution in [0, 0.1) is 0 Å². The highest BCUT2D eigenvalue weighted by Gasteiger charge is 2.22. The minimum Gasteiger partial charge on any atom is -0.326 e. The molecule has 2 aromatic rings. The van der Waals surface area contributed by atoms with Gasteiger partial charge in [0.15, 0.2) is 0 Å². The zero-order valence-corrected chi connectivity index (χ0v) is 11.2. The molecule has 0 aliphatic heterocycles. The Morgan fingerprint density at radius 2 is 2.10 bits per heavy atom. The molecule has 1 aromatic heterocycles. The normalized spacial score (nSPS) is 20.5. The van der Waals surface area contributed by atoms with Gasteiger partial charge in [-0.05, 0) is 41.2 Å². The lowest BCUT2D eigenvalue weighted by Crippen LogP contribution is -2.11. The Bertz CT molecular complexity index is 718. The van der Waals surface area contributed by atoms with Crippen molar-refractivity contribution in [3.63, 3.8) is 0 Å². The van der Waals surface area contributed by atoms with E-state index in [1.165, 1.54) is 22.3 Å². The van der Waals surface area contributed by atoms with E-state index in [4.69, 9.17) is 0 Å². The molecule has 1 heterocycles. The summed E-state index contributed by atoms with van der Waals surface area (Å²) in [5.74, 6) is 0. The fourth-order valence-corrected chi connectivity index (χ4v) is 3.11. The van der Waals surface area contributed by atoms with Gasteiger partial charge in [0.25, 0.3) is 0 Å². The maximum Gasteiger partial charge on any atom is 0.0954 e. The molecule has 0 N–H and O–H groups in total. The predicted octanol–water partition coefficient (Wildman–Crippen LogP) is 3.95. The van der Waals surface area contributed by atoms with Gasteiger partial charge in [0.2, 0.25) is 0 Å². The van der Waals surface area contributed by atoms with Crippen LogP contribution in [0.2, 0.25) is 0 Å². The number of nitrogens with zero attached hydrogens (tertiary/aromatic N) is 2. The van der Waals surface area contributed by atoms with Crippen molar-refractivity contribution in [2.24, 2.45) is 0 Å². The van der Waals surface area contributed by atoms with Crippen LogP contribution in [0.3, 0.4) is 0 Å². The van der Waals surface area contributed by atoms with Crippen LogP contribution in [0.25, 0.3) is 6.08 Å². The summed E-state index contributed by atoms with van der Waals surface area (Å²) in [5, 5.41) is 0. The monoisotopic (exact) mass is 260 g/mol. The second-order valence-electron chi connectivity index (χ2n) is 5.33. The number of aryl methyl sites for hydroxylation is 1. The fourth-order valence-electron chi connectivity index (χ4n) is 3.11.